The fourth-order valence-electron chi connectivity index (χ4n) is 3.19. The van der Waals surface area contributed by atoms with Crippen molar-refractivity contribution in [1.29, 1.82) is 5.26 Å². The highest BCUT2D eigenvalue weighted by atomic mass is 32.2. The number of rotatable bonds is 5. The molecular formula is C18H19N3O3S2. The number of hydrogen-bond donors (Lipinski definition) is 0. The normalized spacial score (nSPS) is 17.1. The van der Waals surface area contributed by atoms with Crippen LogP contribution in [0.5, 0.6) is 0 Å². The second-order valence-corrected chi connectivity index (χ2v) is 9.08. The summed E-state index contributed by atoms with van der Waals surface area (Å²) < 4.78 is 25.6. The zero-order valence-electron chi connectivity index (χ0n) is 14.3. The van der Waals surface area contributed by atoms with Crippen molar-refractivity contribution in [2.24, 2.45) is 0 Å². The third-order valence-corrected chi connectivity index (χ3v) is 6.50. The minimum Gasteiger partial charge on any atom is -0.333 e. The summed E-state index contributed by atoms with van der Waals surface area (Å²) in [6.45, 7) is 0.354. The van der Waals surface area contributed by atoms with Crippen LogP contribution in [0.25, 0.3) is 0 Å². The standard InChI is InChI=1S/C18H19N3O3S2/c1-26(23,24)21(15-6-2-5-14(11-15)12-19)13-18(22)20-9-3-7-16(20)17-8-4-10-25-17/h2,4-6,8,10-11,16H,3,7,9,13H2,1H3. The predicted octanol–water partition coefficient (Wildman–Crippen LogP) is 2.75. The number of benzene rings is 1. The number of likely N-dealkylation sites (tertiary alicyclic amines) is 1. The van der Waals surface area contributed by atoms with Gasteiger partial charge in [0.1, 0.15) is 6.54 Å². The van der Waals surface area contributed by atoms with E-state index in [2.05, 4.69) is 0 Å². The third-order valence-electron chi connectivity index (χ3n) is 4.39. The Hall–Kier alpha value is -2.37. The fraction of sp³-hybridized carbons (Fsp3) is 0.333. The molecule has 1 aromatic heterocycles. The molecular weight excluding hydrogens is 370 g/mol. The second-order valence-electron chi connectivity index (χ2n) is 6.19. The minimum atomic E-state index is -3.66. The van der Waals surface area contributed by atoms with Gasteiger partial charge in [-0.25, -0.2) is 8.42 Å². The maximum atomic E-state index is 12.9. The van der Waals surface area contributed by atoms with Crippen molar-refractivity contribution in [3.63, 3.8) is 0 Å². The van der Waals surface area contributed by atoms with Crippen LogP contribution < -0.4 is 4.31 Å². The van der Waals surface area contributed by atoms with E-state index < -0.39 is 10.0 Å². The molecule has 0 radical (unpaired) electrons. The molecule has 0 N–H and O–H groups in total. The number of sulfonamides is 1. The van der Waals surface area contributed by atoms with Gasteiger partial charge in [-0.15, -0.1) is 11.3 Å². The van der Waals surface area contributed by atoms with Crippen LogP contribution in [0.3, 0.4) is 0 Å². The number of thiophene rings is 1. The molecule has 1 aliphatic heterocycles. The molecule has 0 spiro atoms. The quantitative estimate of drug-likeness (QED) is 0.787. The molecule has 1 saturated heterocycles. The van der Waals surface area contributed by atoms with Gasteiger partial charge in [0.25, 0.3) is 0 Å². The number of amides is 1. The van der Waals surface area contributed by atoms with Crippen LogP contribution >= 0.6 is 11.3 Å². The Kier molecular flexibility index (Phi) is 5.30. The van der Waals surface area contributed by atoms with Crippen LogP contribution in [-0.4, -0.2) is 38.6 Å². The number of carbonyl (C=O) groups is 1. The van der Waals surface area contributed by atoms with Crippen LogP contribution in [-0.2, 0) is 14.8 Å². The van der Waals surface area contributed by atoms with Gasteiger partial charge in [-0.3, -0.25) is 9.10 Å². The summed E-state index contributed by atoms with van der Waals surface area (Å²) in [5.41, 5.74) is 0.674. The summed E-state index contributed by atoms with van der Waals surface area (Å²) in [6, 6.07) is 12.2. The maximum Gasteiger partial charge on any atom is 0.243 e. The smallest absolute Gasteiger partial charge is 0.243 e. The van der Waals surface area contributed by atoms with E-state index in [0.717, 1.165) is 28.3 Å². The maximum absolute atomic E-state index is 12.9. The first-order chi connectivity index (χ1) is 12.4. The summed E-state index contributed by atoms with van der Waals surface area (Å²) in [5.74, 6) is -0.228. The molecule has 1 aromatic carbocycles. The molecule has 0 bridgehead atoms. The molecule has 3 rings (SSSR count). The molecule has 1 amide bonds. The molecule has 1 unspecified atom stereocenters. The molecule has 2 heterocycles. The van der Waals surface area contributed by atoms with Gasteiger partial charge in [0.05, 0.1) is 29.6 Å². The first-order valence-corrected chi connectivity index (χ1v) is 10.9. The van der Waals surface area contributed by atoms with Crippen LogP contribution in [0.4, 0.5) is 5.69 Å². The minimum absolute atomic E-state index is 0.00866. The summed E-state index contributed by atoms with van der Waals surface area (Å²) in [5, 5.41) is 11.0. The molecule has 6 nitrogen and oxygen atoms in total. The highest BCUT2D eigenvalue weighted by Crippen LogP contribution is 2.34. The monoisotopic (exact) mass is 389 g/mol. The van der Waals surface area contributed by atoms with Crippen molar-refractivity contribution >= 4 is 33.0 Å². The number of nitrogens with zero attached hydrogens (tertiary/aromatic N) is 3. The van der Waals surface area contributed by atoms with Crippen LogP contribution in [0.1, 0.15) is 29.3 Å². The molecule has 0 saturated carbocycles. The van der Waals surface area contributed by atoms with Crippen molar-refractivity contribution in [2.75, 3.05) is 23.7 Å². The SMILES string of the molecule is CS(=O)(=O)N(CC(=O)N1CCCC1c1cccs1)c1cccc(C#N)c1. The number of carbonyl (C=O) groups excluding carboxylic acids is 1. The largest absolute Gasteiger partial charge is 0.333 e. The van der Waals surface area contributed by atoms with Crippen LogP contribution in [0.2, 0.25) is 0 Å². The molecule has 1 aliphatic rings. The number of anilines is 1. The Morgan fingerprint density at radius 2 is 2.19 bits per heavy atom. The van der Waals surface area contributed by atoms with E-state index in [-0.39, 0.29) is 18.5 Å². The Morgan fingerprint density at radius 1 is 1.38 bits per heavy atom. The van der Waals surface area contributed by atoms with Gasteiger partial charge in [-0.05, 0) is 42.5 Å². The van der Waals surface area contributed by atoms with Crippen molar-refractivity contribution in [2.45, 2.75) is 18.9 Å². The van der Waals surface area contributed by atoms with Crippen LogP contribution in [0.15, 0.2) is 41.8 Å². The highest BCUT2D eigenvalue weighted by molar-refractivity contribution is 7.92. The molecule has 26 heavy (non-hydrogen) atoms. The van der Waals surface area contributed by atoms with Crippen LogP contribution in [0, 0.1) is 11.3 Å². The van der Waals surface area contributed by atoms with Crippen molar-refractivity contribution < 1.29 is 13.2 Å². The van der Waals surface area contributed by atoms with E-state index in [0.29, 0.717) is 17.8 Å². The van der Waals surface area contributed by atoms with Gasteiger partial charge in [-0.1, -0.05) is 12.1 Å². The second kappa shape index (κ2) is 7.48. The fourth-order valence-corrected chi connectivity index (χ4v) is 4.90. The van der Waals surface area contributed by atoms with E-state index in [1.54, 1.807) is 34.4 Å². The number of hydrogen-bond acceptors (Lipinski definition) is 5. The van der Waals surface area contributed by atoms with Gasteiger partial charge in [0, 0.05) is 11.4 Å². The van der Waals surface area contributed by atoms with Gasteiger partial charge in [-0.2, -0.15) is 5.26 Å². The lowest BCUT2D eigenvalue weighted by molar-refractivity contribution is -0.130. The van der Waals surface area contributed by atoms with Gasteiger partial charge in [0.15, 0.2) is 0 Å². The average Bonchev–Trinajstić information content (AvgIpc) is 3.29. The Balaban J connectivity index is 1.85. The summed E-state index contributed by atoms with van der Waals surface area (Å²) in [6.07, 6.45) is 2.85. The zero-order valence-corrected chi connectivity index (χ0v) is 16.0. The van der Waals surface area contributed by atoms with E-state index in [4.69, 9.17) is 5.26 Å². The van der Waals surface area contributed by atoms with Gasteiger partial charge < -0.3 is 4.90 Å². The molecule has 0 aliphatic carbocycles. The van der Waals surface area contributed by atoms with E-state index >= 15 is 0 Å². The summed E-state index contributed by atoms with van der Waals surface area (Å²) in [4.78, 5) is 15.8. The Labute approximate surface area is 157 Å². The average molecular weight is 390 g/mol. The van der Waals surface area contributed by atoms with Gasteiger partial charge >= 0.3 is 0 Å². The number of nitriles is 1. The first-order valence-electron chi connectivity index (χ1n) is 8.21. The lowest BCUT2D eigenvalue weighted by atomic mass is 10.2. The molecule has 136 valence electrons. The predicted molar refractivity (Wildman–Crippen MR) is 101 cm³/mol. The topological polar surface area (TPSA) is 81.5 Å². The highest BCUT2D eigenvalue weighted by Gasteiger charge is 2.33. The van der Waals surface area contributed by atoms with E-state index in [9.17, 15) is 13.2 Å². The van der Waals surface area contributed by atoms with Crippen molar-refractivity contribution in [3.8, 4) is 6.07 Å². The molecule has 8 heteroatoms. The van der Waals surface area contributed by atoms with Crippen molar-refractivity contribution in [1.82, 2.24) is 4.90 Å². The van der Waals surface area contributed by atoms with Crippen molar-refractivity contribution in [3.05, 3.63) is 52.2 Å². The molecule has 2 aromatic rings. The third kappa shape index (κ3) is 3.89. The lowest BCUT2D eigenvalue weighted by Crippen LogP contribution is -2.42. The van der Waals surface area contributed by atoms with E-state index in [1.807, 2.05) is 23.6 Å². The summed E-state index contributed by atoms with van der Waals surface area (Å²) in [7, 11) is -3.66. The lowest BCUT2D eigenvalue weighted by Gasteiger charge is -2.28. The Morgan fingerprint density at radius 3 is 2.85 bits per heavy atom. The molecule has 1 atom stereocenters. The summed E-state index contributed by atoms with van der Waals surface area (Å²) >= 11 is 1.61. The first kappa shape index (κ1) is 18.4. The Bertz CT molecular complexity index is 933. The zero-order chi connectivity index (χ0) is 18.7. The van der Waals surface area contributed by atoms with E-state index in [1.165, 1.54) is 6.07 Å². The van der Waals surface area contributed by atoms with Gasteiger partial charge in [0.2, 0.25) is 15.9 Å². The molecule has 1 fully saturated rings.